The zero-order valence-corrected chi connectivity index (χ0v) is 14.2. The van der Waals surface area contributed by atoms with Gasteiger partial charge in [-0.15, -0.1) is 0 Å². The molecular formula is C15H27N3O2S. The summed E-state index contributed by atoms with van der Waals surface area (Å²) in [4.78, 5) is 2.42. The number of hydrogen-bond acceptors (Lipinski definition) is 4. The fourth-order valence-corrected chi connectivity index (χ4v) is 2.82. The fourth-order valence-electron chi connectivity index (χ4n) is 1.80. The molecule has 0 aromatic heterocycles. The largest absolute Gasteiger partial charge is 0.319 e. The quantitative estimate of drug-likeness (QED) is 0.716. The smallest absolute Gasteiger partial charge is 0.240 e. The van der Waals surface area contributed by atoms with E-state index in [0.717, 1.165) is 18.5 Å². The first kappa shape index (κ1) is 18.1. The molecule has 1 rings (SSSR count). The Hall–Kier alpha value is -0.950. The highest BCUT2D eigenvalue weighted by Crippen LogP contribution is 2.10. The van der Waals surface area contributed by atoms with Crippen molar-refractivity contribution in [1.82, 2.24) is 14.9 Å². The highest BCUT2D eigenvalue weighted by Gasteiger charge is 2.13. The lowest BCUT2D eigenvalue weighted by Gasteiger charge is -2.20. The fraction of sp³-hybridized carbons (Fsp3) is 0.600. The van der Waals surface area contributed by atoms with Crippen molar-refractivity contribution in [3.05, 3.63) is 29.8 Å². The van der Waals surface area contributed by atoms with Gasteiger partial charge in [-0.25, -0.2) is 13.1 Å². The van der Waals surface area contributed by atoms with Crippen molar-refractivity contribution in [2.45, 2.75) is 31.2 Å². The lowest BCUT2D eigenvalue weighted by Crippen LogP contribution is -2.36. The Morgan fingerprint density at radius 1 is 1.14 bits per heavy atom. The number of hydrogen-bond donors (Lipinski definition) is 2. The zero-order valence-electron chi connectivity index (χ0n) is 13.4. The molecule has 0 unspecified atom stereocenters. The molecule has 0 amide bonds. The lowest BCUT2D eigenvalue weighted by molar-refractivity contribution is 0.278. The number of sulfonamides is 1. The van der Waals surface area contributed by atoms with Crippen LogP contribution in [0.3, 0.4) is 0 Å². The van der Waals surface area contributed by atoms with Crippen molar-refractivity contribution in [3.8, 4) is 0 Å². The third kappa shape index (κ3) is 6.13. The summed E-state index contributed by atoms with van der Waals surface area (Å²) >= 11 is 0. The van der Waals surface area contributed by atoms with Crippen LogP contribution >= 0.6 is 0 Å². The van der Waals surface area contributed by atoms with E-state index in [1.165, 1.54) is 0 Å². The Morgan fingerprint density at radius 2 is 1.76 bits per heavy atom. The minimum absolute atomic E-state index is 0.322. The molecule has 2 N–H and O–H groups in total. The predicted molar refractivity (Wildman–Crippen MR) is 87.0 cm³/mol. The average Bonchev–Trinajstić information content (AvgIpc) is 2.45. The normalized spacial score (nSPS) is 12.3. The molecule has 1 aromatic carbocycles. The van der Waals surface area contributed by atoms with Crippen LogP contribution in [0.2, 0.25) is 0 Å². The van der Waals surface area contributed by atoms with Crippen molar-refractivity contribution in [3.63, 3.8) is 0 Å². The molecule has 5 nitrogen and oxygen atoms in total. The van der Waals surface area contributed by atoms with E-state index in [-0.39, 0.29) is 0 Å². The van der Waals surface area contributed by atoms with Crippen LogP contribution < -0.4 is 10.0 Å². The molecule has 21 heavy (non-hydrogen) atoms. The van der Waals surface area contributed by atoms with E-state index in [4.69, 9.17) is 0 Å². The maximum Gasteiger partial charge on any atom is 0.240 e. The first-order valence-electron chi connectivity index (χ1n) is 7.30. The van der Waals surface area contributed by atoms with Gasteiger partial charge < -0.3 is 10.2 Å². The van der Waals surface area contributed by atoms with E-state index in [2.05, 4.69) is 28.8 Å². The van der Waals surface area contributed by atoms with Gasteiger partial charge in [0.25, 0.3) is 0 Å². The van der Waals surface area contributed by atoms with Gasteiger partial charge in [0.1, 0.15) is 0 Å². The molecule has 0 radical (unpaired) electrons. The van der Waals surface area contributed by atoms with Crippen LogP contribution in [0.1, 0.15) is 19.4 Å². The van der Waals surface area contributed by atoms with Gasteiger partial charge in [0.15, 0.2) is 0 Å². The third-order valence-electron chi connectivity index (χ3n) is 3.54. The number of rotatable bonds is 9. The van der Waals surface area contributed by atoms with Gasteiger partial charge in [-0.2, -0.15) is 0 Å². The SMILES string of the molecule is CNCCc1ccc(S(=O)(=O)NCCN(C)C(C)C)cc1. The van der Waals surface area contributed by atoms with Gasteiger partial charge in [0.2, 0.25) is 10.0 Å². The first-order valence-corrected chi connectivity index (χ1v) is 8.78. The van der Waals surface area contributed by atoms with E-state index < -0.39 is 10.0 Å². The van der Waals surface area contributed by atoms with Crippen LogP contribution in [-0.4, -0.2) is 53.1 Å². The van der Waals surface area contributed by atoms with Crippen LogP contribution in [0.5, 0.6) is 0 Å². The number of benzene rings is 1. The van der Waals surface area contributed by atoms with Crippen molar-refractivity contribution >= 4 is 10.0 Å². The second kappa shape index (κ2) is 8.48. The highest BCUT2D eigenvalue weighted by molar-refractivity contribution is 7.89. The Morgan fingerprint density at radius 3 is 2.29 bits per heavy atom. The van der Waals surface area contributed by atoms with E-state index in [9.17, 15) is 8.42 Å². The molecular weight excluding hydrogens is 286 g/mol. The van der Waals surface area contributed by atoms with E-state index >= 15 is 0 Å². The molecule has 0 atom stereocenters. The summed E-state index contributed by atoms with van der Waals surface area (Å²) in [5.41, 5.74) is 1.13. The zero-order chi connectivity index (χ0) is 15.9. The molecule has 0 fully saturated rings. The van der Waals surface area contributed by atoms with Gasteiger partial charge >= 0.3 is 0 Å². The van der Waals surface area contributed by atoms with E-state index in [1.54, 1.807) is 12.1 Å². The maximum absolute atomic E-state index is 12.2. The average molecular weight is 313 g/mol. The summed E-state index contributed by atoms with van der Waals surface area (Å²) in [6, 6.07) is 7.47. The van der Waals surface area contributed by atoms with Crippen molar-refractivity contribution < 1.29 is 8.42 Å². The standard InChI is InChI=1S/C15H27N3O2S/c1-13(2)18(4)12-11-17-21(19,20)15-7-5-14(6-8-15)9-10-16-3/h5-8,13,16-17H,9-12H2,1-4H3. The van der Waals surface area contributed by atoms with Crippen molar-refractivity contribution in [2.75, 3.05) is 33.7 Å². The Bertz CT molecular complexity index is 512. The molecule has 0 aliphatic carbocycles. The molecule has 0 heterocycles. The second-order valence-electron chi connectivity index (χ2n) is 5.47. The minimum atomic E-state index is -3.41. The molecule has 0 aliphatic heterocycles. The minimum Gasteiger partial charge on any atom is -0.319 e. The maximum atomic E-state index is 12.2. The molecule has 0 spiro atoms. The number of nitrogens with zero attached hydrogens (tertiary/aromatic N) is 1. The molecule has 1 aromatic rings. The van der Waals surface area contributed by atoms with Crippen LogP contribution in [0.4, 0.5) is 0 Å². The van der Waals surface area contributed by atoms with Crippen LogP contribution in [0.25, 0.3) is 0 Å². The number of nitrogens with one attached hydrogen (secondary N) is 2. The second-order valence-corrected chi connectivity index (χ2v) is 7.24. The van der Waals surface area contributed by atoms with Gasteiger partial charge in [-0.1, -0.05) is 12.1 Å². The Kier molecular flexibility index (Phi) is 7.31. The summed E-state index contributed by atoms with van der Waals surface area (Å²) in [7, 11) is 0.470. The van der Waals surface area contributed by atoms with E-state index in [0.29, 0.717) is 24.0 Å². The summed E-state index contributed by atoms with van der Waals surface area (Å²) in [6.45, 7) is 6.15. The highest BCUT2D eigenvalue weighted by atomic mass is 32.2. The van der Waals surface area contributed by atoms with Crippen LogP contribution in [-0.2, 0) is 16.4 Å². The van der Waals surface area contributed by atoms with Crippen LogP contribution in [0, 0.1) is 0 Å². The van der Waals surface area contributed by atoms with Crippen molar-refractivity contribution in [2.24, 2.45) is 0 Å². The molecule has 6 heteroatoms. The molecule has 0 aliphatic rings. The molecule has 0 bridgehead atoms. The van der Waals surface area contributed by atoms with Gasteiger partial charge in [0, 0.05) is 19.1 Å². The molecule has 0 saturated carbocycles. The summed E-state index contributed by atoms with van der Waals surface area (Å²) in [5, 5.41) is 3.07. The monoisotopic (exact) mass is 313 g/mol. The van der Waals surface area contributed by atoms with Crippen LogP contribution in [0.15, 0.2) is 29.2 Å². The molecule has 120 valence electrons. The van der Waals surface area contributed by atoms with Gasteiger partial charge in [-0.05, 0) is 58.6 Å². The van der Waals surface area contributed by atoms with Gasteiger partial charge in [0.05, 0.1) is 4.90 Å². The topological polar surface area (TPSA) is 61.4 Å². The number of likely N-dealkylation sites (N-methyl/N-ethyl adjacent to an activating group) is 2. The van der Waals surface area contributed by atoms with Gasteiger partial charge in [-0.3, -0.25) is 0 Å². The summed E-state index contributed by atoms with van der Waals surface area (Å²) in [6.07, 6.45) is 0.892. The lowest BCUT2D eigenvalue weighted by atomic mass is 10.1. The van der Waals surface area contributed by atoms with E-state index in [1.807, 2.05) is 26.2 Å². The summed E-state index contributed by atoms with van der Waals surface area (Å²) in [5.74, 6) is 0. The Balaban J connectivity index is 2.57. The predicted octanol–water partition coefficient (Wildman–Crippen LogP) is 1.07. The first-order chi connectivity index (χ1) is 9.86. The summed E-state index contributed by atoms with van der Waals surface area (Å²) < 4.78 is 27.0. The Labute approximate surface area is 128 Å². The van der Waals surface area contributed by atoms with Crippen molar-refractivity contribution in [1.29, 1.82) is 0 Å². The third-order valence-corrected chi connectivity index (χ3v) is 5.01. The molecule has 0 saturated heterocycles.